The fraction of sp³-hybridized carbons (Fsp3) is 0.467. The summed E-state index contributed by atoms with van der Waals surface area (Å²) in [6.07, 6.45) is -4.60. The molecule has 23 heavy (non-hydrogen) atoms. The van der Waals surface area contributed by atoms with Gasteiger partial charge in [-0.05, 0) is 37.9 Å². The van der Waals surface area contributed by atoms with Gasteiger partial charge in [0, 0.05) is 23.7 Å². The van der Waals surface area contributed by atoms with Crippen molar-refractivity contribution in [3.8, 4) is 0 Å². The van der Waals surface area contributed by atoms with Crippen LogP contribution >= 0.6 is 11.3 Å². The van der Waals surface area contributed by atoms with Crippen molar-refractivity contribution >= 4 is 11.3 Å². The summed E-state index contributed by atoms with van der Waals surface area (Å²) in [6, 6.07) is 5.27. The molecule has 0 amide bonds. The molecule has 0 radical (unpaired) electrons. The van der Waals surface area contributed by atoms with Gasteiger partial charge < -0.3 is 10.0 Å². The summed E-state index contributed by atoms with van der Waals surface area (Å²) in [5, 5.41) is 11.9. The van der Waals surface area contributed by atoms with Crippen molar-refractivity contribution in [2.24, 2.45) is 0 Å². The molecule has 8 heteroatoms. The Morgan fingerprint density at radius 2 is 2.09 bits per heavy atom. The van der Waals surface area contributed by atoms with Gasteiger partial charge in [0.1, 0.15) is 0 Å². The Balaban J connectivity index is 1.95. The average molecular weight is 345 g/mol. The molecule has 0 aliphatic carbocycles. The lowest BCUT2D eigenvalue weighted by Crippen LogP contribution is -2.23. The van der Waals surface area contributed by atoms with E-state index in [1.54, 1.807) is 13.1 Å². The van der Waals surface area contributed by atoms with Gasteiger partial charge in [-0.2, -0.15) is 13.2 Å². The fourth-order valence-electron chi connectivity index (χ4n) is 2.16. The molecule has 0 saturated heterocycles. The number of aromatic nitrogens is 2. The molecule has 0 bridgehead atoms. The minimum absolute atomic E-state index is 0.267. The molecule has 2 aromatic heterocycles. The predicted octanol–water partition coefficient (Wildman–Crippen LogP) is 3.42. The Bertz CT molecular complexity index is 631. The first kappa shape index (κ1) is 17.8. The molecule has 1 unspecified atom stereocenters. The van der Waals surface area contributed by atoms with Crippen LogP contribution in [0.25, 0.3) is 0 Å². The quantitative estimate of drug-likeness (QED) is 0.872. The molecule has 0 aliphatic heterocycles. The number of halogens is 3. The second-order valence-corrected chi connectivity index (χ2v) is 6.36. The monoisotopic (exact) mass is 345 g/mol. The fourth-order valence-corrected chi connectivity index (χ4v) is 2.91. The van der Waals surface area contributed by atoms with Crippen LogP contribution in [0.4, 0.5) is 13.2 Å². The molecule has 2 heterocycles. The Kier molecular flexibility index (Phi) is 5.72. The Morgan fingerprint density at radius 1 is 1.35 bits per heavy atom. The van der Waals surface area contributed by atoms with E-state index in [1.807, 2.05) is 22.4 Å². The molecule has 2 rings (SSSR count). The molecule has 0 spiro atoms. The number of aliphatic hydroxyl groups excluding tert-OH is 1. The number of alkyl halides is 3. The van der Waals surface area contributed by atoms with Gasteiger partial charge in [-0.3, -0.25) is 0 Å². The lowest BCUT2D eigenvalue weighted by molar-refractivity contribution is -0.145. The molecule has 0 fully saturated rings. The first-order valence-electron chi connectivity index (χ1n) is 7.07. The molecule has 1 atom stereocenters. The highest BCUT2D eigenvalue weighted by Gasteiger charge is 2.35. The molecule has 0 aliphatic rings. The third-order valence-corrected chi connectivity index (χ3v) is 4.22. The number of aliphatic hydroxyl groups is 1. The number of hydrogen-bond donors (Lipinski definition) is 1. The normalized spacial score (nSPS) is 13.5. The predicted molar refractivity (Wildman–Crippen MR) is 82.0 cm³/mol. The van der Waals surface area contributed by atoms with E-state index in [4.69, 9.17) is 0 Å². The van der Waals surface area contributed by atoms with Gasteiger partial charge in [0.25, 0.3) is 0 Å². The van der Waals surface area contributed by atoms with Gasteiger partial charge in [-0.1, -0.05) is 6.07 Å². The van der Waals surface area contributed by atoms with Crippen molar-refractivity contribution < 1.29 is 18.3 Å². The molecule has 126 valence electrons. The average Bonchev–Trinajstić information content (AvgIpc) is 2.97. The minimum atomic E-state index is -4.55. The zero-order chi connectivity index (χ0) is 17.0. The van der Waals surface area contributed by atoms with Crippen LogP contribution in [0.2, 0.25) is 0 Å². The molecular weight excluding hydrogens is 327 g/mol. The van der Waals surface area contributed by atoms with E-state index < -0.39 is 18.1 Å². The van der Waals surface area contributed by atoms with Crippen LogP contribution < -0.4 is 0 Å². The second-order valence-electron chi connectivity index (χ2n) is 5.38. The second kappa shape index (κ2) is 7.37. The van der Waals surface area contributed by atoms with Crippen LogP contribution in [0.15, 0.2) is 23.6 Å². The van der Waals surface area contributed by atoms with E-state index in [1.165, 1.54) is 18.3 Å². The first-order valence-corrected chi connectivity index (χ1v) is 7.95. The molecule has 1 N–H and O–H groups in total. The third kappa shape index (κ3) is 5.26. The summed E-state index contributed by atoms with van der Waals surface area (Å²) < 4.78 is 38.2. The van der Waals surface area contributed by atoms with Crippen LogP contribution in [0.1, 0.15) is 34.6 Å². The van der Waals surface area contributed by atoms with E-state index in [0.717, 1.165) is 4.88 Å². The van der Waals surface area contributed by atoms with E-state index in [-0.39, 0.29) is 12.2 Å². The number of nitrogens with zero attached hydrogens (tertiary/aromatic N) is 3. The van der Waals surface area contributed by atoms with Gasteiger partial charge in [0.2, 0.25) is 5.82 Å². The van der Waals surface area contributed by atoms with Crippen molar-refractivity contribution in [2.75, 3.05) is 13.6 Å². The summed E-state index contributed by atoms with van der Waals surface area (Å²) in [6.45, 7) is 2.33. The highest BCUT2D eigenvalue weighted by atomic mass is 32.1. The van der Waals surface area contributed by atoms with E-state index >= 15 is 0 Å². The number of rotatable bonds is 6. The van der Waals surface area contributed by atoms with Crippen molar-refractivity contribution in [3.05, 3.63) is 45.7 Å². The molecule has 4 nitrogen and oxygen atoms in total. The lowest BCUT2D eigenvalue weighted by atomic mass is 10.2. The first-order chi connectivity index (χ1) is 10.8. The number of hydrogen-bond acceptors (Lipinski definition) is 5. The summed E-state index contributed by atoms with van der Waals surface area (Å²) >= 11 is 1.48. The molecule has 0 aromatic carbocycles. The van der Waals surface area contributed by atoms with Gasteiger partial charge in [-0.15, -0.1) is 11.3 Å². The SMILES string of the molecule is Cc1cc(CN(C)CCC(O)c2cccs2)nc(C(F)(F)F)n1. The van der Waals surface area contributed by atoms with Crippen LogP contribution in [0.3, 0.4) is 0 Å². The smallest absolute Gasteiger partial charge is 0.388 e. The minimum Gasteiger partial charge on any atom is -0.388 e. The highest BCUT2D eigenvalue weighted by Crippen LogP contribution is 2.26. The van der Waals surface area contributed by atoms with Crippen LogP contribution in [0.5, 0.6) is 0 Å². The summed E-state index contributed by atoms with van der Waals surface area (Å²) in [5.41, 5.74) is 0.604. The largest absolute Gasteiger partial charge is 0.451 e. The van der Waals surface area contributed by atoms with Crippen LogP contribution in [-0.2, 0) is 12.7 Å². The highest BCUT2D eigenvalue weighted by molar-refractivity contribution is 7.10. The van der Waals surface area contributed by atoms with E-state index in [2.05, 4.69) is 9.97 Å². The molecule has 0 saturated carbocycles. The Labute approximate surface area is 136 Å². The lowest BCUT2D eigenvalue weighted by Gasteiger charge is -2.18. The maximum atomic E-state index is 12.7. The van der Waals surface area contributed by atoms with E-state index in [9.17, 15) is 18.3 Å². The van der Waals surface area contributed by atoms with Crippen molar-refractivity contribution in [3.63, 3.8) is 0 Å². The van der Waals surface area contributed by atoms with Gasteiger partial charge in [0.05, 0.1) is 11.8 Å². The number of thiophene rings is 1. The van der Waals surface area contributed by atoms with Crippen molar-refractivity contribution in [2.45, 2.75) is 32.2 Å². The topological polar surface area (TPSA) is 49.2 Å². The van der Waals surface area contributed by atoms with Gasteiger partial charge in [-0.25, -0.2) is 9.97 Å². The zero-order valence-electron chi connectivity index (χ0n) is 12.8. The third-order valence-electron chi connectivity index (χ3n) is 3.25. The summed E-state index contributed by atoms with van der Waals surface area (Å²) in [7, 11) is 1.78. The standard InChI is InChI=1S/C15H18F3N3OS/c1-10-8-11(20-14(19-10)15(16,17)18)9-21(2)6-5-12(22)13-4-3-7-23-13/h3-4,7-8,12,22H,5-6,9H2,1-2H3. The zero-order valence-corrected chi connectivity index (χ0v) is 13.7. The van der Waals surface area contributed by atoms with E-state index in [0.29, 0.717) is 18.7 Å². The molecule has 2 aromatic rings. The molecular formula is C15H18F3N3OS. The van der Waals surface area contributed by atoms with Crippen molar-refractivity contribution in [1.29, 1.82) is 0 Å². The van der Waals surface area contributed by atoms with Gasteiger partial charge in [0.15, 0.2) is 0 Å². The van der Waals surface area contributed by atoms with Gasteiger partial charge >= 0.3 is 6.18 Å². The Morgan fingerprint density at radius 3 is 2.70 bits per heavy atom. The summed E-state index contributed by atoms with van der Waals surface area (Å²) in [5.74, 6) is -1.11. The van der Waals surface area contributed by atoms with Crippen molar-refractivity contribution in [1.82, 2.24) is 14.9 Å². The Hall–Kier alpha value is -1.51. The maximum absolute atomic E-state index is 12.7. The van der Waals surface area contributed by atoms with Crippen LogP contribution in [0, 0.1) is 6.92 Å². The summed E-state index contributed by atoms with van der Waals surface area (Å²) in [4.78, 5) is 9.73. The number of aryl methyl sites for hydroxylation is 1. The van der Waals surface area contributed by atoms with Crippen LogP contribution in [-0.4, -0.2) is 33.6 Å². The maximum Gasteiger partial charge on any atom is 0.451 e.